The Morgan fingerprint density at radius 3 is 2.76 bits per heavy atom. The van der Waals surface area contributed by atoms with Crippen LogP contribution >= 0.6 is 0 Å². The van der Waals surface area contributed by atoms with Crippen LogP contribution in [0.25, 0.3) is 0 Å². The molecule has 21 heavy (non-hydrogen) atoms. The summed E-state index contributed by atoms with van der Waals surface area (Å²) in [7, 11) is -3.94. The smallest absolute Gasteiger partial charge is 0.243 e. The average Bonchev–Trinajstić information content (AvgIpc) is 2.96. The minimum atomic E-state index is -3.94. The van der Waals surface area contributed by atoms with E-state index in [0.717, 1.165) is 6.54 Å². The minimum absolute atomic E-state index is 0.0824. The number of H-pyrrole nitrogens is 1. The van der Waals surface area contributed by atoms with Gasteiger partial charge in [0.25, 0.3) is 0 Å². The van der Waals surface area contributed by atoms with Gasteiger partial charge in [0.05, 0.1) is 6.54 Å². The molecule has 1 heterocycles. The molecule has 1 aromatic heterocycles. The Morgan fingerprint density at radius 1 is 1.33 bits per heavy atom. The summed E-state index contributed by atoms with van der Waals surface area (Å²) in [5.41, 5.74) is 0.684. The Bertz CT molecular complexity index is 688. The first-order valence-corrected chi connectivity index (χ1v) is 7.84. The van der Waals surface area contributed by atoms with E-state index >= 15 is 0 Å². The highest BCUT2D eigenvalue weighted by atomic mass is 32.2. The molecular weight excluding hydrogens is 297 g/mol. The Labute approximate surface area is 122 Å². The van der Waals surface area contributed by atoms with Crippen LogP contribution in [-0.4, -0.2) is 30.1 Å². The van der Waals surface area contributed by atoms with Gasteiger partial charge in [-0.25, -0.2) is 22.5 Å². The molecular formula is C12H16FN5O2S. The molecule has 2 aromatic rings. The van der Waals surface area contributed by atoms with Crippen LogP contribution in [0.5, 0.6) is 0 Å². The second-order valence-corrected chi connectivity index (χ2v) is 6.04. The Balaban J connectivity index is 2.12. The molecule has 0 unspecified atom stereocenters. The van der Waals surface area contributed by atoms with Crippen molar-refractivity contribution >= 4 is 10.0 Å². The lowest BCUT2D eigenvalue weighted by Crippen LogP contribution is -2.25. The van der Waals surface area contributed by atoms with Crippen LogP contribution in [-0.2, 0) is 23.1 Å². The predicted molar refractivity (Wildman–Crippen MR) is 74.2 cm³/mol. The zero-order valence-corrected chi connectivity index (χ0v) is 12.2. The van der Waals surface area contributed by atoms with Crippen LogP contribution < -0.4 is 10.0 Å². The van der Waals surface area contributed by atoms with Gasteiger partial charge >= 0.3 is 0 Å². The molecule has 114 valence electrons. The standard InChI is InChI=1S/C12H16FN5O2S/c1-2-14-6-9-3-4-11(10(13)5-9)21(19,20)17-7-12-15-8-16-18-12/h3-5,8,14,17H,2,6-7H2,1H3,(H,15,16,18). The number of aromatic amines is 1. The first kappa shape index (κ1) is 15.5. The number of sulfonamides is 1. The van der Waals surface area contributed by atoms with E-state index in [9.17, 15) is 12.8 Å². The molecule has 0 amide bonds. The van der Waals surface area contributed by atoms with E-state index in [1.165, 1.54) is 18.5 Å². The molecule has 0 bridgehead atoms. The molecule has 0 saturated carbocycles. The van der Waals surface area contributed by atoms with Crippen molar-refractivity contribution in [2.24, 2.45) is 0 Å². The van der Waals surface area contributed by atoms with Gasteiger partial charge in [-0.3, -0.25) is 5.10 Å². The van der Waals surface area contributed by atoms with E-state index in [-0.39, 0.29) is 11.4 Å². The SMILES string of the molecule is CCNCc1ccc(S(=O)(=O)NCc2ncn[nH]2)c(F)c1. The van der Waals surface area contributed by atoms with Crippen molar-refractivity contribution in [3.8, 4) is 0 Å². The largest absolute Gasteiger partial charge is 0.313 e. The molecule has 0 radical (unpaired) electrons. The first-order valence-electron chi connectivity index (χ1n) is 6.36. The molecule has 9 heteroatoms. The summed E-state index contributed by atoms with van der Waals surface area (Å²) in [6.07, 6.45) is 1.26. The molecule has 2 rings (SSSR count). The first-order chi connectivity index (χ1) is 10.0. The highest BCUT2D eigenvalue weighted by Gasteiger charge is 2.19. The minimum Gasteiger partial charge on any atom is -0.313 e. The van der Waals surface area contributed by atoms with Gasteiger partial charge in [-0.2, -0.15) is 5.10 Å². The van der Waals surface area contributed by atoms with Crippen molar-refractivity contribution in [2.75, 3.05) is 6.54 Å². The maximum absolute atomic E-state index is 14.0. The van der Waals surface area contributed by atoms with Gasteiger partial charge in [0, 0.05) is 6.54 Å². The van der Waals surface area contributed by atoms with Gasteiger partial charge < -0.3 is 5.32 Å². The number of nitrogens with zero attached hydrogens (tertiary/aromatic N) is 2. The normalized spacial score (nSPS) is 11.7. The van der Waals surface area contributed by atoms with Crippen LogP contribution in [0.2, 0.25) is 0 Å². The second-order valence-electron chi connectivity index (χ2n) is 4.30. The molecule has 0 fully saturated rings. The lowest BCUT2D eigenvalue weighted by Gasteiger charge is -2.08. The molecule has 0 atom stereocenters. The lowest BCUT2D eigenvalue weighted by molar-refractivity contribution is 0.554. The molecule has 3 N–H and O–H groups in total. The monoisotopic (exact) mass is 313 g/mol. The van der Waals surface area contributed by atoms with Crippen molar-refractivity contribution in [1.82, 2.24) is 25.2 Å². The number of aromatic nitrogens is 3. The van der Waals surface area contributed by atoms with Crippen molar-refractivity contribution < 1.29 is 12.8 Å². The van der Waals surface area contributed by atoms with E-state index < -0.39 is 15.8 Å². The van der Waals surface area contributed by atoms with Crippen molar-refractivity contribution in [3.05, 3.63) is 41.7 Å². The van der Waals surface area contributed by atoms with Crippen molar-refractivity contribution in [2.45, 2.75) is 24.9 Å². The summed E-state index contributed by atoms with van der Waals surface area (Å²) in [6, 6.07) is 4.05. The summed E-state index contributed by atoms with van der Waals surface area (Å²) in [5.74, 6) is -0.432. The highest BCUT2D eigenvalue weighted by Crippen LogP contribution is 2.16. The summed E-state index contributed by atoms with van der Waals surface area (Å²) in [5, 5.41) is 9.16. The van der Waals surface area contributed by atoms with Gasteiger partial charge in [0.15, 0.2) is 0 Å². The van der Waals surface area contributed by atoms with E-state index in [1.807, 2.05) is 6.92 Å². The van der Waals surface area contributed by atoms with Crippen LogP contribution in [0, 0.1) is 5.82 Å². The van der Waals surface area contributed by atoms with E-state index in [4.69, 9.17) is 0 Å². The van der Waals surface area contributed by atoms with Gasteiger partial charge in [-0.15, -0.1) is 0 Å². The van der Waals surface area contributed by atoms with E-state index in [0.29, 0.717) is 17.9 Å². The number of halogens is 1. The Morgan fingerprint density at radius 2 is 2.14 bits per heavy atom. The molecule has 0 aliphatic carbocycles. The van der Waals surface area contributed by atoms with Gasteiger partial charge in [-0.05, 0) is 24.2 Å². The second kappa shape index (κ2) is 6.74. The number of hydrogen-bond donors (Lipinski definition) is 3. The summed E-state index contributed by atoms with van der Waals surface area (Å²) < 4.78 is 40.3. The number of hydrogen-bond acceptors (Lipinski definition) is 5. The highest BCUT2D eigenvalue weighted by molar-refractivity contribution is 7.89. The third-order valence-corrected chi connectivity index (χ3v) is 4.19. The fourth-order valence-corrected chi connectivity index (χ4v) is 2.74. The zero-order valence-electron chi connectivity index (χ0n) is 11.4. The third-order valence-electron chi connectivity index (χ3n) is 2.76. The summed E-state index contributed by atoms with van der Waals surface area (Å²) in [4.78, 5) is 3.40. The van der Waals surface area contributed by atoms with Gasteiger partial charge in [0.2, 0.25) is 10.0 Å². The van der Waals surface area contributed by atoms with Crippen LogP contribution in [0.4, 0.5) is 4.39 Å². The van der Waals surface area contributed by atoms with Gasteiger partial charge in [-0.1, -0.05) is 13.0 Å². The van der Waals surface area contributed by atoms with Crippen LogP contribution in [0.1, 0.15) is 18.3 Å². The molecule has 1 aromatic carbocycles. The predicted octanol–water partition coefficient (Wildman–Crippen LogP) is 0.532. The lowest BCUT2D eigenvalue weighted by atomic mass is 10.2. The van der Waals surface area contributed by atoms with E-state index in [2.05, 4.69) is 25.2 Å². The number of nitrogens with one attached hydrogen (secondary N) is 3. The van der Waals surface area contributed by atoms with Crippen LogP contribution in [0.15, 0.2) is 29.4 Å². The maximum atomic E-state index is 14.0. The topological polar surface area (TPSA) is 99.8 Å². The van der Waals surface area contributed by atoms with E-state index in [1.54, 1.807) is 6.07 Å². The Hall–Kier alpha value is -1.84. The van der Waals surface area contributed by atoms with Crippen molar-refractivity contribution in [3.63, 3.8) is 0 Å². The number of rotatable bonds is 7. The third kappa shape index (κ3) is 4.06. The molecule has 0 aliphatic rings. The fourth-order valence-electron chi connectivity index (χ4n) is 1.70. The zero-order chi connectivity index (χ0) is 15.3. The summed E-state index contributed by atoms with van der Waals surface area (Å²) in [6.45, 7) is 3.09. The summed E-state index contributed by atoms with van der Waals surface area (Å²) >= 11 is 0. The Kier molecular flexibility index (Phi) is 4.99. The van der Waals surface area contributed by atoms with Gasteiger partial charge in [0.1, 0.15) is 22.9 Å². The molecule has 0 aliphatic heterocycles. The molecule has 7 nitrogen and oxygen atoms in total. The number of benzene rings is 1. The maximum Gasteiger partial charge on any atom is 0.243 e. The average molecular weight is 313 g/mol. The van der Waals surface area contributed by atoms with Crippen LogP contribution in [0.3, 0.4) is 0 Å². The fraction of sp³-hybridized carbons (Fsp3) is 0.333. The molecule has 0 spiro atoms. The van der Waals surface area contributed by atoms with Crippen molar-refractivity contribution in [1.29, 1.82) is 0 Å². The molecule has 0 saturated heterocycles. The quantitative estimate of drug-likeness (QED) is 0.692.